The topological polar surface area (TPSA) is 53.9 Å². The number of nitrogens with zero attached hydrogens (tertiary/aromatic N) is 2. The van der Waals surface area contributed by atoms with Gasteiger partial charge in [-0.25, -0.2) is 4.99 Å². The van der Waals surface area contributed by atoms with Gasteiger partial charge in [0.05, 0.1) is 12.5 Å². The second-order valence-corrected chi connectivity index (χ2v) is 4.41. The summed E-state index contributed by atoms with van der Waals surface area (Å²) in [6, 6.07) is 0. The standard InChI is InChI=1S/C14H23N3O2.HI/c1-4-9-16-14(15-5-2)17-10-7-8-12(11-17)13(18)19-6-3;/h1,12H,5-11H2,2-3H3,(H,15,16);1H. The van der Waals surface area contributed by atoms with Crippen molar-refractivity contribution >= 4 is 35.9 Å². The zero-order valence-corrected chi connectivity index (χ0v) is 14.6. The Kier molecular flexibility index (Phi) is 10.3. The molecule has 6 heteroatoms. The Bertz CT molecular complexity index is 366. The maximum absolute atomic E-state index is 11.8. The minimum Gasteiger partial charge on any atom is -0.466 e. The maximum atomic E-state index is 11.8. The van der Waals surface area contributed by atoms with E-state index in [1.165, 1.54) is 0 Å². The van der Waals surface area contributed by atoms with Crippen LogP contribution in [0.4, 0.5) is 0 Å². The molecule has 1 heterocycles. The molecule has 1 unspecified atom stereocenters. The Balaban J connectivity index is 0.00000361. The highest BCUT2D eigenvalue weighted by Crippen LogP contribution is 2.18. The van der Waals surface area contributed by atoms with E-state index in [1.54, 1.807) is 0 Å². The lowest BCUT2D eigenvalue weighted by Crippen LogP contribution is -2.48. The number of hydrogen-bond donors (Lipinski definition) is 1. The highest BCUT2D eigenvalue weighted by Gasteiger charge is 2.28. The van der Waals surface area contributed by atoms with Gasteiger partial charge in [0.1, 0.15) is 6.54 Å². The van der Waals surface area contributed by atoms with Gasteiger partial charge in [0.25, 0.3) is 0 Å². The number of likely N-dealkylation sites (tertiary alicyclic amines) is 1. The number of rotatable bonds is 4. The van der Waals surface area contributed by atoms with Gasteiger partial charge in [-0.1, -0.05) is 5.92 Å². The molecule has 1 rings (SSSR count). The quantitative estimate of drug-likeness (QED) is 0.259. The van der Waals surface area contributed by atoms with Gasteiger partial charge in [-0.3, -0.25) is 4.79 Å². The summed E-state index contributed by atoms with van der Waals surface area (Å²) in [4.78, 5) is 18.2. The maximum Gasteiger partial charge on any atom is 0.310 e. The van der Waals surface area contributed by atoms with Gasteiger partial charge in [0.15, 0.2) is 5.96 Å². The predicted octanol–water partition coefficient (Wildman–Crippen LogP) is 1.48. The Morgan fingerprint density at radius 1 is 1.55 bits per heavy atom. The van der Waals surface area contributed by atoms with Crippen LogP contribution in [0.3, 0.4) is 0 Å². The first kappa shape index (κ1) is 19.0. The third-order valence-corrected chi connectivity index (χ3v) is 3.00. The van der Waals surface area contributed by atoms with E-state index >= 15 is 0 Å². The summed E-state index contributed by atoms with van der Waals surface area (Å²) in [7, 11) is 0. The number of guanidine groups is 1. The van der Waals surface area contributed by atoms with Crippen LogP contribution in [0, 0.1) is 18.3 Å². The summed E-state index contributed by atoms with van der Waals surface area (Å²) in [5, 5.41) is 3.21. The van der Waals surface area contributed by atoms with Crippen molar-refractivity contribution in [2.75, 3.05) is 32.8 Å². The molecule has 0 amide bonds. The van der Waals surface area contributed by atoms with Gasteiger partial charge >= 0.3 is 5.97 Å². The van der Waals surface area contributed by atoms with Crippen molar-refractivity contribution in [3.63, 3.8) is 0 Å². The first-order chi connectivity index (χ1) is 9.22. The molecule has 0 aromatic carbocycles. The minimum absolute atomic E-state index is 0. The van der Waals surface area contributed by atoms with Gasteiger partial charge < -0.3 is 15.0 Å². The monoisotopic (exact) mass is 393 g/mol. The smallest absolute Gasteiger partial charge is 0.310 e. The van der Waals surface area contributed by atoms with Gasteiger partial charge in [-0.2, -0.15) is 0 Å². The lowest BCUT2D eigenvalue weighted by atomic mass is 9.98. The number of halogens is 1. The molecule has 0 spiro atoms. The van der Waals surface area contributed by atoms with Crippen LogP contribution in [0.15, 0.2) is 4.99 Å². The van der Waals surface area contributed by atoms with Gasteiger partial charge in [0, 0.05) is 19.6 Å². The van der Waals surface area contributed by atoms with Crippen LogP contribution < -0.4 is 5.32 Å². The van der Waals surface area contributed by atoms with Gasteiger partial charge in [-0.05, 0) is 26.7 Å². The first-order valence-corrected chi connectivity index (χ1v) is 6.86. The number of carbonyl (C=O) groups is 1. The van der Waals surface area contributed by atoms with Crippen molar-refractivity contribution in [2.45, 2.75) is 26.7 Å². The molecule has 0 bridgehead atoms. The van der Waals surface area contributed by atoms with Crippen molar-refractivity contribution < 1.29 is 9.53 Å². The number of hydrogen-bond acceptors (Lipinski definition) is 3. The van der Waals surface area contributed by atoms with E-state index in [-0.39, 0.29) is 35.9 Å². The number of ether oxygens (including phenoxy) is 1. The molecule has 0 radical (unpaired) electrons. The number of carbonyl (C=O) groups excluding carboxylic acids is 1. The number of nitrogens with one attached hydrogen (secondary N) is 1. The number of aliphatic imine (C=N–C) groups is 1. The Hall–Kier alpha value is -0.970. The van der Waals surface area contributed by atoms with Crippen LogP contribution in [0.1, 0.15) is 26.7 Å². The second kappa shape index (κ2) is 10.8. The molecule has 114 valence electrons. The summed E-state index contributed by atoms with van der Waals surface area (Å²) >= 11 is 0. The minimum atomic E-state index is -0.111. The zero-order valence-electron chi connectivity index (χ0n) is 12.2. The average molecular weight is 393 g/mol. The van der Waals surface area contributed by atoms with Crippen LogP contribution in [0.5, 0.6) is 0 Å². The van der Waals surface area contributed by atoms with E-state index in [0.29, 0.717) is 19.7 Å². The lowest BCUT2D eigenvalue weighted by Gasteiger charge is -2.33. The van der Waals surface area contributed by atoms with E-state index < -0.39 is 0 Å². The Labute approximate surface area is 138 Å². The zero-order chi connectivity index (χ0) is 14.1. The van der Waals surface area contributed by atoms with Crippen molar-refractivity contribution in [1.82, 2.24) is 10.2 Å². The largest absolute Gasteiger partial charge is 0.466 e. The molecular formula is C14H24IN3O2. The molecule has 1 aliphatic rings. The van der Waals surface area contributed by atoms with Crippen molar-refractivity contribution in [2.24, 2.45) is 10.9 Å². The fourth-order valence-corrected chi connectivity index (χ4v) is 2.17. The van der Waals surface area contributed by atoms with E-state index in [0.717, 1.165) is 31.9 Å². The number of esters is 1. The van der Waals surface area contributed by atoms with E-state index in [2.05, 4.69) is 21.1 Å². The van der Waals surface area contributed by atoms with E-state index in [9.17, 15) is 4.79 Å². The number of terminal acetylenes is 1. The molecule has 0 aliphatic carbocycles. The normalized spacial score (nSPS) is 18.8. The molecule has 1 saturated heterocycles. The molecule has 1 aliphatic heterocycles. The highest BCUT2D eigenvalue weighted by atomic mass is 127. The van der Waals surface area contributed by atoms with Crippen LogP contribution >= 0.6 is 24.0 Å². The van der Waals surface area contributed by atoms with Crippen LogP contribution in [-0.4, -0.2) is 49.6 Å². The van der Waals surface area contributed by atoms with E-state index in [4.69, 9.17) is 11.2 Å². The molecular weight excluding hydrogens is 369 g/mol. The van der Waals surface area contributed by atoms with Crippen molar-refractivity contribution in [3.8, 4) is 12.3 Å². The van der Waals surface area contributed by atoms with Crippen molar-refractivity contribution in [1.29, 1.82) is 0 Å². The fourth-order valence-electron chi connectivity index (χ4n) is 2.17. The predicted molar refractivity (Wildman–Crippen MR) is 91.2 cm³/mol. The molecule has 1 atom stereocenters. The second-order valence-electron chi connectivity index (χ2n) is 4.41. The SMILES string of the molecule is C#CCN=C(NCC)N1CCCC(C(=O)OCC)C1.I. The molecule has 0 aromatic rings. The lowest BCUT2D eigenvalue weighted by molar-refractivity contribution is -0.149. The molecule has 5 nitrogen and oxygen atoms in total. The summed E-state index contributed by atoms with van der Waals surface area (Å²) in [6.07, 6.45) is 7.08. The highest BCUT2D eigenvalue weighted by molar-refractivity contribution is 14.0. The molecule has 1 N–H and O–H groups in total. The Morgan fingerprint density at radius 2 is 2.30 bits per heavy atom. The van der Waals surface area contributed by atoms with Gasteiger partial charge in [0.2, 0.25) is 0 Å². The third kappa shape index (κ3) is 5.99. The van der Waals surface area contributed by atoms with Crippen LogP contribution in [-0.2, 0) is 9.53 Å². The summed E-state index contributed by atoms with van der Waals surface area (Å²) in [5.41, 5.74) is 0. The number of piperidine rings is 1. The van der Waals surface area contributed by atoms with Crippen molar-refractivity contribution in [3.05, 3.63) is 0 Å². The molecule has 0 saturated carbocycles. The summed E-state index contributed by atoms with van der Waals surface area (Å²) in [6.45, 7) is 6.95. The van der Waals surface area contributed by atoms with Crippen LogP contribution in [0.25, 0.3) is 0 Å². The summed E-state index contributed by atoms with van der Waals surface area (Å²) in [5.74, 6) is 3.11. The van der Waals surface area contributed by atoms with Gasteiger partial charge in [-0.15, -0.1) is 30.4 Å². The fraction of sp³-hybridized carbons (Fsp3) is 0.714. The average Bonchev–Trinajstić information content (AvgIpc) is 2.44. The first-order valence-electron chi connectivity index (χ1n) is 6.86. The molecule has 20 heavy (non-hydrogen) atoms. The third-order valence-electron chi connectivity index (χ3n) is 3.00. The summed E-state index contributed by atoms with van der Waals surface area (Å²) < 4.78 is 5.09. The molecule has 1 fully saturated rings. The Morgan fingerprint density at radius 3 is 2.90 bits per heavy atom. The molecule has 0 aromatic heterocycles. The van der Waals surface area contributed by atoms with Crippen LogP contribution in [0.2, 0.25) is 0 Å². The van der Waals surface area contributed by atoms with E-state index in [1.807, 2.05) is 13.8 Å².